The van der Waals surface area contributed by atoms with Crippen LogP contribution in [0.4, 0.5) is 5.69 Å². The summed E-state index contributed by atoms with van der Waals surface area (Å²) in [5, 5.41) is 2.73. The van der Waals surface area contributed by atoms with Crippen LogP contribution >= 0.6 is 0 Å². The van der Waals surface area contributed by atoms with Crippen molar-refractivity contribution in [1.82, 2.24) is 9.97 Å². The van der Waals surface area contributed by atoms with Crippen molar-refractivity contribution in [3.8, 4) is 17.4 Å². The molecule has 0 aliphatic heterocycles. The highest BCUT2D eigenvalue weighted by atomic mass is 16.5. The van der Waals surface area contributed by atoms with Gasteiger partial charge in [-0.1, -0.05) is 0 Å². The number of hydrogen-bond donors (Lipinski definition) is 1. The minimum atomic E-state index is -0.383. The summed E-state index contributed by atoms with van der Waals surface area (Å²) in [6, 6.07) is 6.58. The first-order valence-corrected chi connectivity index (χ1v) is 6.66. The number of carbonyl (C=O) groups is 1. The molecule has 0 aliphatic carbocycles. The minimum Gasteiger partial charge on any atom is -0.497 e. The maximum absolute atomic E-state index is 12.2. The Morgan fingerprint density at radius 3 is 2.68 bits per heavy atom. The second-order valence-electron chi connectivity index (χ2n) is 4.19. The number of hydrogen-bond acceptors (Lipinski definition) is 6. The quantitative estimate of drug-likeness (QED) is 0.880. The van der Waals surface area contributed by atoms with Gasteiger partial charge in [-0.25, -0.2) is 9.97 Å². The van der Waals surface area contributed by atoms with E-state index >= 15 is 0 Å². The molecular formula is C15H17N3O4. The van der Waals surface area contributed by atoms with Crippen molar-refractivity contribution < 1.29 is 19.0 Å². The molecule has 0 saturated heterocycles. The Morgan fingerprint density at radius 1 is 1.18 bits per heavy atom. The van der Waals surface area contributed by atoms with Crippen molar-refractivity contribution in [2.24, 2.45) is 0 Å². The number of aromatic nitrogens is 2. The van der Waals surface area contributed by atoms with E-state index in [1.807, 2.05) is 6.92 Å². The third kappa shape index (κ3) is 3.63. The molecule has 0 atom stereocenters. The number of ether oxygens (including phenoxy) is 3. The number of benzene rings is 1. The van der Waals surface area contributed by atoms with Crippen LogP contribution in [0.1, 0.15) is 17.4 Å². The molecule has 116 valence electrons. The van der Waals surface area contributed by atoms with Crippen molar-refractivity contribution in [3.05, 3.63) is 36.3 Å². The van der Waals surface area contributed by atoms with Crippen LogP contribution in [0.15, 0.2) is 30.6 Å². The molecule has 1 amide bonds. The van der Waals surface area contributed by atoms with Crippen LogP contribution in [0.3, 0.4) is 0 Å². The summed E-state index contributed by atoms with van der Waals surface area (Å²) < 4.78 is 15.6. The zero-order valence-electron chi connectivity index (χ0n) is 12.6. The predicted molar refractivity (Wildman–Crippen MR) is 80.7 cm³/mol. The van der Waals surface area contributed by atoms with E-state index in [1.165, 1.54) is 19.5 Å². The molecule has 0 unspecified atom stereocenters. The molecular weight excluding hydrogens is 286 g/mol. The Hall–Kier alpha value is -2.83. The Bertz CT molecular complexity index is 661. The number of methoxy groups -OCH3 is 2. The highest BCUT2D eigenvalue weighted by Crippen LogP contribution is 2.29. The van der Waals surface area contributed by atoms with E-state index in [4.69, 9.17) is 14.2 Å². The van der Waals surface area contributed by atoms with Crippen molar-refractivity contribution in [2.75, 3.05) is 26.1 Å². The summed E-state index contributed by atoms with van der Waals surface area (Å²) in [5.74, 6) is 1.10. The molecule has 22 heavy (non-hydrogen) atoms. The topological polar surface area (TPSA) is 82.6 Å². The summed E-state index contributed by atoms with van der Waals surface area (Å²) in [7, 11) is 3.07. The van der Waals surface area contributed by atoms with Gasteiger partial charge >= 0.3 is 0 Å². The van der Waals surface area contributed by atoms with Gasteiger partial charge in [0.2, 0.25) is 5.88 Å². The molecule has 0 radical (unpaired) electrons. The van der Waals surface area contributed by atoms with Crippen LogP contribution in [0.5, 0.6) is 17.4 Å². The molecule has 0 fully saturated rings. The fourth-order valence-corrected chi connectivity index (χ4v) is 1.78. The lowest BCUT2D eigenvalue weighted by atomic mass is 10.2. The van der Waals surface area contributed by atoms with Gasteiger partial charge in [-0.3, -0.25) is 4.79 Å². The number of anilines is 1. The van der Waals surface area contributed by atoms with E-state index in [-0.39, 0.29) is 11.6 Å². The van der Waals surface area contributed by atoms with Gasteiger partial charge in [0.15, 0.2) is 0 Å². The predicted octanol–water partition coefficient (Wildman–Crippen LogP) is 2.14. The average Bonchev–Trinajstić information content (AvgIpc) is 2.55. The van der Waals surface area contributed by atoms with Gasteiger partial charge in [0, 0.05) is 12.1 Å². The van der Waals surface area contributed by atoms with Gasteiger partial charge in [-0.15, -0.1) is 0 Å². The molecule has 1 aromatic heterocycles. The monoisotopic (exact) mass is 303 g/mol. The fraction of sp³-hybridized carbons (Fsp3) is 0.267. The lowest BCUT2D eigenvalue weighted by Crippen LogP contribution is -2.15. The van der Waals surface area contributed by atoms with Gasteiger partial charge in [-0.2, -0.15) is 0 Å². The average molecular weight is 303 g/mol. The van der Waals surface area contributed by atoms with Crippen LogP contribution in [-0.2, 0) is 0 Å². The normalized spacial score (nSPS) is 9.95. The molecule has 7 heteroatoms. The molecule has 2 rings (SSSR count). The van der Waals surface area contributed by atoms with Crippen molar-refractivity contribution in [3.63, 3.8) is 0 Å². The number of nitrogens with one attached hydrogen (secondary N) is 1. The second kappa shape index (κ2) is 7.26. The lowest BCUT2D eigenvalue weighted by molar-refractivity contribution is 0.102. The number of rotatable bonds is 6. The van der Waals surface area contributed by atoms with Crippen molar-refractivity contribution in [1.29, 1.82) is 0 Å². The van der Waals surface area contributed by atoms with Crippen molar-refractivity contribution in [2.45, 2.75) is 6.92 Å². The van der Waals surface area contributed by atoms with Gasteiger partial charge in [0.1, 0.15) is 23.5 Å². The maximum Gasteiger partial charge on any atom is 0.274 e. The van der Waals surface area contributed by atoms with Crippen LogP contribution in [0.2, 0.25) is 0 Å². The Labute approximate surface area is 128 Å². The molecule has 0 bridgehead atoms. The van der Waals surface area contributed by atoms with E-state index in [0.29, 0.717) is 29.7 Å². The Kier molecular flexibility index (Phi) is 5.13. The zero-order valence-corrected chi connectivity index (χ0v) is 12.6. The SMILES string of the molecule is CCOc1cc(C(=O)Nc2ccc(OC)cc2OC)ncn1. The minimum absolute atomic E-state index is 0.205. The summed E-state index contributed by atoms with van der Waals surface area (Å²) in [5.41, 5.74) is 0.723. The third-order valence-electron chi connectivity index (χ3n) is 2.82. The molecule has 1 aromatic carbocycles. The molecule has 2 aromatic rings. The summed E-state index contributed by atoms with van der Waals surface area (Å²) in [6.07, 6.45) is 1.28. The molecule has 0 spiro atoms. The van der Waals surface area contributed by atoms with E-state index in [2.05, 4.69) is 15.3 Å². The van der Waals surface area contributed by atoms with E-state index < -0.39 is 0 Å². The third-order valence-corrected chi connectivity index (χ3v) is 2.82. The number of amides is 1. The van der Waals surface area contributed by atoms with Crippen LogP contribution in [-0.4, -0.2) is 36.7 Å². The fourth-order valence-electron chi connectivity index (χ4n) is 1.78. The Morgan fingerprint density at radius 2 is 2.00 bits per heavy atom. The molecule has 0 aliphatic rings. The number of carbonyl (C=O) groups excluding carboxylic acids is 1. The molecule has 1 heterocycles. The summed E-state index contributed by atoms with van der Waals surface area (Å²) in [6.45, 7) is 2.30. The lowest BCUT2D eigenvalue weighted by Gasteiger charge is -2.11. The summed E-state index contributed by atoms with van der Waals surface area (Å²) >= 11 is 0. The first kappa shape index (κ1) is 15.6. The second-order valence-corrected chi connectivity index (χ2v) is 4.19. The van der Waals surface area contributed by atoms with E-state index in [1.54, 1.807) is 25.3 Å². The molecule has 1 N–H and O–H groups in total. The Balaban J connectivity index is 2.19. The van der Waals surface area contributed by atoms with E-state index in [0.717, 1.165) is 0 Å². The number of nitrogens with zero attached hydrogens (tertiary/aromatic N) is 2. The highest BCUT2D eigenvalue weighted by Gasteiger charge is 2.13. The van der Waals surface area contributed by atoms with Crippen LogP contribution in [0, 0.1) is 0 Å². The van der Waals surface area contributed by atoms with Crippen molar-refractivity contribution >= 4 is 11.6 Å². The summed E-state index contributed by atoms with van der Waals surface area (Å²) in [4.78, 5) is 20.1. The molecule has 0 saturated carbocycles. The van der Waals surface area contributed by atoms with Gasteiger partial charge in [0.05, 0.1) is 26.5 Å². The largest absolute Gasteiger partial charge is 0.497 e. The zero-order chi connectivity index (χ0) is 15.9. The van der Waals surface area contributed by atoms with Gasteiger partial charge in [-0.05, 0) is 19.1 Å². The first-order valence-electron chi connectivity index (χ1n) is 6.66. The standard InChI is InChI=1S/C15H17N3O4/c1-4-22-14-8-12(16-9-17-14)15(19)18-11-6-5-10(20-2)7-13(11)21-3/h5-9H,4H2,1-3H3,(H,18,19). The highest BCUT2D eigenvalue weighted by molar-refractivity contribution is 6.03. The maximum atomic E-state index is 12.2. The van der Waals surface area contributed by atoms with Crippen LogP contribution in [0.25, 0.3) is 0 Å². The first-order chi connectivity index (χ1) is 10.7. The van der Waals surface area contributed by atoms with Gasteiger partial charge in [0.25, 0.3) is 5.91 Å². The van der Waals surface area contributed by atoms with Crippen LogP contribution < -0.4 is 19.5 Å². The van der Waals surface area contributed by atoms with Gasteiger partial charge < -0.3 is 19.5 Å². The smallest absolute Gasteiger partial charge is 0.274 e. The van der Waals surface area contributed by atoms with E-state index in [9.17, 15) is 4.79 Å². The molecule has 7 nitrogen and oxygen atoms in total.